The van der Waals surface area contributed by atoms with Crippen LogP contribution in [-0.4, -0.2) is 28.3 Å². The standard InChI is InChI=1S/C28H28N4O2S/c1-3-21-15-17-22(18-16-21)25-19-20-28(31(29-25)23-11-7-5-8-12-23)32(24-13-9-6-10-14-24)30-26(35-28)27(33)34-4-2/h5-18H,3-4,19-20H2,1-2H3/t28-/m0/s1. The van der Waals surface area contributed by atoms with Crippen molar-refractivity contribution in [2.45, 2.75) is 38.1 Å². The summed E-state index contributed by atoms with van der Waals surface area (Å²) in [5.41, 5.74) is 5.25. The average Bonchev–Trinajstić information content (AvgIpc) is 3.30. The van der Waals surface area contributed by atoms with Crippen molar-refractivity contribution in [1.82, 2.24) is 0 Å². The largest absolute Gasteiger partial charge is 0.461 e. The van der Waals surface area contributed by atoms with Crippen LogP contribution in [0.25, 0.3) is 0 Å². The highest BCUT2D eigenvalue weighted by Gasteiger charge is 2.53. The van der Waals surface area contributed by atoms with Crippen LogP contribution in [0.5, 0.6) is 0 Å². The first kappa shape index (κ1) is 23.2. The molecular formula is C28H28N4O2S. The number of carbonyl (C=O) groups is 1. The summed E-state index contributed by atoms with van der Waals surface area (Å²) in [6, 6.07) is 28.6. The number of benzene rings is 3. The minimum atomic E-state index is -0.738. The second kappa shape index (κ2) is 9.96. The maximum Gasteiger partial charge on any atom is 0.365 e. The first-order valence-corrected chi connectivity index (χ1v) is 12.8. The van der Waals surface area contributed by atoms with Crippen molar-refractivity contribution in [3.8, 4) is 0 Å². The molecule has 178 valence electrons. The van der Waals surface area contributed by atoms with Crippen molar-refractivity contribution in [3.63, 3.8) is 0 Å². The number of hydrazone groups is 2. The van der Waals surface area contributed by atoms with Gasteiger partial charge in [0.1, 0.15) is 0 Å². The zero-order valence-electron chi connectivity index (χ0n) is 19.9. The van der Waals surface area contributed by atoms with Gasteiger partial charge in [0.25, 0.3) is 0 Å². The minimum Gasteiger partial charge on any atom is -0.461 e. The summed E-state index contributed by atoms with van der Waals surface area (Å²) >= 11 is 1.41. The van der Waals surface area contributed by atoms with Crippen molar-refractivity contribution in [3.05, 3.63) is 96.1 Å². The molecular weight excluding hydrogens is 456 g/mol. The Morgan fingerprint density at radius 2 is 1.49 bits per heavy atom. The van der Waals surface area contributed by atoms with E-state index in [1.54, 1.807) is 6.92 Å². The molecule has 3 aromatic rings. The molecule has 6 nitrogen and oxygen atoms in total. The molecule has 2 aliphatic heterocycles. The predicted octanol–water partition coefficient (Wildman–Crippen LogP) is 6.04. The second-order valence-corrected chi connectivity index (χ2v) is 9.61. The maximum atomic E-state index is 12.8. The minimum absolute atomic E-state index is 0.301. The van der Waals surface area contributed by atoms with Crippen molar-refractivity contribution >= 4 is 39.9 Å². The molecule has 35 heavy (non-hydrogen) atoms. The van der Waals surface area contributed by atoms with Crippen LogP contribution in [-0.2, 0) is 16.0 Å². The van der Waals surface area contributed by atoms with Crippen LogP contribution in [0.1, 0.15) is 37.8 Å². The van der Waals surface area contributed by atoms with Crippen LogP contribution in [0.15, 0.2) is 95.1 Å². The topological polar surface area (TPSA) is 57.5 Å². The Bertz CT molecular complexity index is 1240. The molecule has 2 aliphatic rings. The Kier molecular flexibility index (Phi) is 6.59. The highest BCUT2D eigenvalue weighted by atomic mass is 32.2. The molecule has 1 spiro atoms. The highest BCUT2D eigenvalue weighted by Crippen LogP contribution is 2.50. The lowest BCUT2D eigenvalue weighted by Crippen LogP contribution is -2.56. The van der Waals surface area contributed by atoms with Gasteiger partial charge in [-0.2, -0.15) is 10.2 Å². The molecule has 0 aliphatic carbocycles. The fraction of sp³-hybridized carbons (Fsp3) is 0.250. The lowest BCUT2D eigenvalue weighted by molar-refractivity contribution is -0.134. The van der Waals surface area contributed by atoms with Crippen molar-refractivity contribution in [1.29, 1.82) is 0 Å². The number of thioether (sulfide) groups is 1. The Morgan fingerprint density at radius 1 is 0.886 bits per heavy atom. The van der Waals surface area contributed by atoms with Gasteiger partial charge in [0.15, 0.2) is 0 Å². The molecule has 0 radical (unpaired) electrons. The zero-order valence-corrected chi connectivity index (χ0v) is 20.7. The van der Waals surface area contributed by atoms with Crippen LogP contribution < -0.4 is 10.0 Å². The number of rotatable bonds is 6. The molecule has 0 saturated heterocycles. The number of anilines is 2. The molecule has 3 aromatic carbocycles. The number of hydrogen-bond donors (Lipinski definition) is 0. The van der Waals surface area contributed by atoms with Gasteiger partial charge < -0.3 is 4.74 Å². The van der Waals surface area contributed by atoms with Crippen LogP contribution in [0.4, 0.5) is 11.4 Å². The Balaban J connectivity index is 1.62. The summed E-state index contributed by atoms with van der Waals surface area (Å²) in [5, 5.41) is 14.3. The number of nitrogens with zero attached hydrogens (tertiary/aromatic N) is 4. The van der Waals surface area contributed by atoms with Gasteiger partial charge in [-0.3, -0.25) is 0 Å². The van der Waals surface area contributed by atoms with E-state index in [4.69, 9.17) is 14.9 Å². The van der Waals surface area contributed by atoms with E-state index in [2.05, 4.69) is 31.2 Å². The third-order valence-electron chi connectivity index (χ3n) is 6.17. The van der Waals surface area contributed by atoms with E-state index in [0.717, 1.165) is 35.5 Å². The maximum absolute atomic E-state index is 12.8. The lowest BCUT2D eigenvalue weighted by atomic mass is 10.0. The van der Waals surface area contributed by atoms with Gasteiger partial charge in [0.2, 0.25) is 10.0 Å². The molecule has 0 amide bonds. The van der Waals surface area contributed by atoms with Gasteiger partial charge >= 0.3 is 5.97 Å². The molecule has 0 aromatic heterocycles. The third-order valence-corrected chi connectivity index (χ3v) is 7.49. The Labute approximate surface area is 210 Å². The Morgan fingerprint density at radius 3 is 2.06 bits per heavy atom. The van der Waals surface area contributed by atoms with Crippen LogP contribution in [0, 0.1) is 0 Å². The first-order valence-electron chi connectivity index (χ1n) is 12.0. The number of esters is 1. The fourth-order valence-electron chi connectivity index (χ4n) is 4.38. The molecule has 1 atom stereocenters. The Hall–Kier alpha value is -3.58. The first-order chi connectivity index (χ1) is 17.1. The van der Waals surface area contributed by atoms with E-state index in [9.17, 15) is 4.79 Å². The number of hydrogen-bond acceptors (Lipinski definition) is 7. The molecule has 0 bridgehead atoms. The number of carbonyl (C=O) groups excluding carboxylic acids is 1. The normalized spacial score (nSPS) is 19.5. The number of ether oxygens (including phenoxy) is 1. The molecule has 0 N–H and O–H groups in total. The number of para-hydroxylation sites is 2. The lowest BCUT2D eigenvalue weighted by Gasteiger charge is -2.46. The molecule has 0 unspecified atom stereocenters. The summed E-state index contributed by atoms with van der Waals surface area (Å²) in [7, 11) is 0. The van der Waals surface area contributed by atoms with Gasteiger partial charge in [-0.1, -0.05) is 67.6 Å². The fourth-order valence-corrected chi connectivity index (χ4v) is 5.62. The molecule has 0 fully saturated rings. The van der Waals surface area contributed by atoms with Crippen molar-refractivity contribution in [2.75, 3.05) is 16.6 Å². The smallest absolute Gasteiger partial charge is 0.365 e. The van der Waals surface area contributed by atoms with Gasteiger partial charge in [-0.15, -0.1) is 0 Å². The van der Waals surface area contributed by atoms with Gasteiger partial charge in [-0.25, -0.2) is 14.8 Å². The van der Waals surface area contributed by atoms with E-state index in [-0.39, 0.29) is 0 Å². The van der Waals surface area contributed by atoms with Crippen molar-refractivity contribution in [2.24, 2.45) is 10.2 Å². The molecule has 7 heteroatoms. The van der Waals surface area contributed by atoms with Gasteiger partial charge in [0.05, 0.1) is 23.7 Å². The van der Waals surface area contributed by atoms with Crippen molar-refractivity contribution < 1.29 is 9.53 Å². The van der Waals surface area contributed by atoms with E-state index in [1.165, 1.54) is 17.3 Å². The summed E-state index contributed by atoms with van der Waals surface area (Å²) < 4.78 is 5.33. The predicted molar refractivity (Wildman–Crippen MR) is 144 cm³/mol. The second-order valence-electron chi connectivity index (χ2n) is 8.36. The van der Waals surface area contributed by atoms with Gasteiger partial charge in [0, 0.05) is 6.42 Å². The SMILES string of the molecule is CCOC(=O)C1=NN(c2ccccc2)[C@@]2(CCC(c3ccc(CC)cc3)=NN2c2ccccc2)S1. The average molecular weight is 485 g/mol. The van der Waals surface area contributed by atoms with Crippen LogP contribution in [0.3, 0.4) is 0 Å². The number of aryl methyl sites for hydroxylation is 1. The van der Waals surface area contributed by atoms with E-state index in [0.29, 0.717) is 18.1 Å². The quantitative estimate of drug-likeness (QED) is 0.400. The molecule has 0 saturated carbocycles. The van der Waals surface area contributed by atoms with Crippen LogP contribution in [0.2, 0.25) is 0 Å². The van der Waals surface area contributed by atoms with E-state index < -0.39 is 11.0 Å². The van der Waals surface area contributed by atoms with E-state index >= 15 is 0 Å². The molecule has 2 heterocycles. The molecule has 5 rings (SSSR count). The summed E-state index contributed by atoms with van der Waals surface area (Å²) in [6.07, 6.45) is 2.46. The van der Waals surface area contributed by atoms with Crippen LogP contribution >= 0.6 is 11.8 Å². The summed E-state index contributed by atoms with van der Waals surface area (Å²) in [6.45, 7) is 4.26. The van der Waals surface area contributed by atoms with E-state index in [1.807, 2.05) is 70.7 Å². The summed E-state index contributed by atoms with van der Waals surface area (Å²) in [5.74, 6) is -0.409. The highest BCUT2D eigenvalue weighted by molar-refractivity contribution is 8.17. The zero-order chi connectivity index (χ0) is 24.3. The van der Waals surface area contributed by atoms with Gasteiger partial charge in [-0.05, 0) is 66.9 Å². The summed E-state index contributed by atoms with van der Waals surface area (Å²) in [4.78, 5) is 12.0. The third kappa shape index (κ3) is 4.44. The monoisotopic (exact) mass is 484 g/mol.